The highest BCUT2D eigenvalue weighted by atomic mass is 32.2. The van der Waals surface area contributed by atoms with Crippen molar-refractivity contribution in [1.82, 2.24) is 9.97 Å². The minimum absolute atomic E-state index is 0.234. The second-order valence-electron chi connectivity index (χ2n) is 5.49. The average molecular weight is 375 g/mol. The van der Waals surface area contributed by atoms with Gasteiger partial charge >= 0.3 is 0 Å². The fourth-order valence-electron chi connectivity index (χ4n) is 2.32. The normalized spacial score (nSPS) is 11.4. The molecule has 3 aromatic rings. The van der Waals surface area contributed by atoms with Crippen LogP contribution in [0.2, 0.25) is 0 Å². The van der Waals surface area contributed by atoms with Gasteiger partial charge in [0.15, 0.2) is 0 Å². The number of thiophene rings is 1. The Labute approximate surface area is 149 Å². The largest absolute Gasteiger partial charge is 0.307 e. The Balaban J connectivity index is 1.95. The summed E-state index contributed by atoms with van der Waals surface area (Å²) in [5.74, 6) is 0.414. The van der Waals surface area contributed by atoms with Crippen molar-refractivity contribution in [2.45, 2.75) is 24.5 Å². The third-order valence-corrected chi connectivity index (χ3v) is 6.40. The number of rotatable bonds is 5. The number of aromatic nitrogens is 2. The highest BCUT2D eigenvalue weighted by molar-refractivity contribution is 7.94. The van der Waals surface area contributed by atoms with Crippen LogP contribution in [-0.2, 0) is 16.4 Å². The van der Waals surface area contributed by atoms with E-state index in [9.17, 15) is 13.2 Å². The third kappa shape index (κ3) is 3.97. The van der Waals surface area contributed by atoms with Crippen LogP contribution >= 0.6 is 11.3 Å². The van der Waals surface area contributed by atoms with Crippen LogP contribution in [-0.4, -0.2) is 18.4 Å². The second kappa shape index (κ2) is 6.81. The lowest BCUT2D eigenvalue weighted by Gasteiger charge is -2.08. The molecule has 6 nitrogen and oxygen atoms in total. The second-order valence-corrected chi connectivity index (χ2v) is 8.69. The summed E-state index contributed by atoms with van der Waals surface area (Å²) in [7, 11) is -3.64. The van der Waals surface area contributed by atoms with E-state index in [0.29, 0.717) is 29.2 Å². The van der Waals surface area contributed by atoms with Crippen LogP contribution in [0, 0.1) is 6.92 Å². The minimum Gasteiger partial charge on any atom is -0.307 e. The van der Waals surface area contributed by atoms with E-state index >= 15 is 0 Å². The highest BCUT2D eigenvalue weighted by Gasteiger charge is 2.16. The van der Waals surface area contributed by atoms with Gasteiger partial charge in [-0.3, -0.25) is 9.52 Å². The molecular formula is C17H17N3O3S2. The van der Waals surface area contributed by atoms with E-state index in [1.807, 2.05) is 13.8 Å². The maximum atomic E-state index is 12.4. The summed E-state index contributed by atoms with van der Waals surface area (Å²) in [5, 5.41) is 0. The van der Waals surface area contributed by atoms with E-state index in [0.717, 1.165) is 4.88 Å². The monoisotopic (exact) mass is 375 g/mol. The average Bonchev–Trinajstić information content (AvgIpc) is 3.01. The standard InChI is InChI=1S/C17H17N3O3S2/c1-3-13-10-15(21)19-17(18-13)12-5-4-6-14(9-12)20-25(22,23)16-8-7-11(2)24-16/h4-10,20H,3H2,1-2H3,(H,18,19,21). The van der Waals surface area contributed by atoms with Gasteiger partial charge < -0.3 is 4.98 Å². The predicted octanol–water partition coefficient (Wildman–Crippen LogP) is 3.17. The molecule has 2 heterocycles. The molecule has 130 valence electrons. The number of hydrogen-bond acceptors (Lipinski definition) is 5. The number of hydrogen-bond donors (Lipinski definition) is 2. The molecule has 25 heavy (non-hydrogen) atoms. The van der Waals surface area contributed by atoms with Crippen LogP contribution in [0.25, 0.3) is 11.4 Å². The first-order valence-corrected chi connectivity index (χ1v) is 9.97. The highest BCUT2D eigenvalue weighted by Crippen LogP contribution is 2.25. The molecule has 0 fully saturated rings. The Bertz CT molecular complexity index is 1070. The summed E-state index contributed by atoms with van der Waals surface area (Å²) in [5.41, 5.74) is 1.49. The summed E-state index contributed by atoms with van der Waals surface area (Å²) < 4.78 is 27.7. The molecule has 0 saturated heterocycles. The lowest BCUT2D eigenvalue weighted by Crippen LogP contribution is -2.12. The zero-order valence-electron chi connectivity index (χ0n) is 13.7. The quantitative estimate of drug-likeness (QED) is 0.716. The van der Waals surface area contributed by atoms with Crippen molar-refractivity contribution in [2.24, 2.45) is 0 Å². The molecule has 3 rings (SSSR count). The Kier molecular flexibility index (Phi) is 4.73. The first-order valence-electron chi connectivity index (χ1n) is 7.67. The number of anilines is 1. The molecule has 0 unspecified atom stereocenters. The lowest BCUT2D eigenvalue weighted by molar-refractivity contribution is 0.603. The molecule has 0 spiro atoms. The van der Waals surface area contributed by atoms with Crippen molar-refractivity contribution in [1.29, 1.82) is 0 Å². The van der Waals surface area contributed by atoms with E-state index in [4.69, 9.17) is 0 Å². The number of nitrogens with zero attached hydrogens (tertiary/aromatic N) is 1. The topological polar surface area (TPSA) is 91.9 Å². The fourth-order valence-corrected chi connectivity index (χ4v) is 4.65. The minimum atomic E-state index is -3.64. The molecule has 1 aromatic carbocycles. The van der Waals surface area contributed by atoms with E-state index in [1.165, 1.54) is 17.4 Å². The van der Waals surface area contributed by atoms with Crippen LogP contribution in [0.15, 0.2) is 51.5 Å². The van der Waals surface area contributed by atoms with E-state index < -0.39 is 10.0 Å². The zero-order chi connectivity index (χ0) is 18.0. The van der Waals surface area contributed by atoms with E-state index in [2.05, 4.69) is 14.7 Å². The van der Waals surface area contributed by atoms with Crippen molar-refractivity contribution in [3.05, 3.63) is 63.4 Å². The molecule has 0 aliphatic carbocycles. The van der Waals surface area contributed by atoms with Crippen LogP contribution in [0.1, 0.15) is 17.5 Å². The molecule has 8 heteroatoms. The van der Waals surface area contributed by atoms with Crippen LogP contribution < -0.4 is 10.3 Å². The number of aromatic amines is 1. The van der Waals surface area contributed by atoms with Crippen molar-refractivity contribution < 1.29 is 8.42 Å². The van der Waals surface area contributed by atoms with Gasteiger partial charge in [-0.25, -0.2) is 13.4 Å². The predicted molar refractivity (Wildman–Crippen MR) is 99.5 cm³/mol. The van der Waals surface area contributed by atoms with Gasteiger partial charge in [0.25, 0.3) is 15.6 Å². The van der Waals surface area contributed by atoms with Gasteiger partial charge in [-0.15, -0.1) is 11.3 Å². The summed E-state index contributed by atoms with van der Waals surface area (Å²) >= 11 is 1.21. The molecule has 0 bridgehead atoms. The number of benzene rings is 1. The molecule has 0 saturated carbocycles. The van der Waals surface area contributed by atoms with Gasteiger partial charge in [0.05, 0.1) is 0 Å². The van der Waals surface area contributed by atoms with Crippen LogP contribution in [0.5, 0.6) is 0 Å². The Morgan fingerprint density at radius 3 is 2.68 bits per heavy atom. The van der Waals surface area contributed by atoms with Crippen molar-refractivity contribution >= 4 is 27.0 Å². The zero-order valence-corrected chi connectivity index (χ0v) is 15.4. The first kappa shape index (κ1) is 17.4. The SMILES string of the molecule is CCc1cc(=O)[nH]c(-c2cccc(NS(=O)(=O)c3ccc(C)s3)c2)n1. The molecule has 2 aromatic heterocycles. The molecule has 0 radical (unpaired) electrons. The fraction of sp³-hybridized carbons (Fsp3) is 0.176. The first-order chi connectivity index (χ1) is 11.9. The third-order valence-electron chi connectivity index (χ3n) is 3.53. The summed E-state index contributed by atoms with van der Waals surface area (Å²) in [6.07, 6.45) is 0.640. The Morgan fingerprint density at radius 2 is 2.00 bits per heavy atom. The van der Waals surface area contributed by atoms with Gasteiger partial charge in [0, 0.05) is 27.9 Å². The molecule has 0 atom stereocenters. The molecule has 2 N–H and O–H groups in total. The van der Waals surface area contributed by atoms with Crippen LogP contribution in [0.3, 0.4) is 0 Å². The van der Waals surface area contributed by atoms with Gasteiger partial charge in [-0.05, 0) is 37.6 Å². The number of nitrogens with one attached hydrogen (secondary N) is 2. The van der Waals surface area contributed by atoms with Crippen molar-refractivity contribution in [2.75, 3.05) is 4.72 Å². The smallest absolute Gasteiger partial charge is 0.271 e. The summed E-state index contributed by atoms with van der Waals surface area (Å²) in [6.45, 7) is 3.77. The van der Waals surface area contributed by atoms with E-state index in [1.54, 1.807) is 36.4 Å². The summed E-state index contributed by atoms with van der Waals surface area (Å²) in [6, 6.07) is 11.6. The molecule has 0 aliphatic rings. The maximum Gasteiger partial charge on any atom is 0.271 e. The van der Waals surface area contributed by atoms with E-state index in [-0.39, 0.29) is 9.77 Å². The molecule has 0 amide bonds. The van der Waals surface area contributed by atoms with Crippen LogP contribution in [0.4, 0.5) is 5.69 Å². The number of H-pyrrole nitrogens is 1. The van der Waals surface area contributed by atoms with Gasteiger partial charge in [0.2, 0.25) is 0 Å². The van der Waals surface area contributed by atoms with Crippen molar-refractivity contribution in [3.8, 4) is 11.4 Å². The molecule has 0 aliphatic heterocycles. The lowest BCUT2D eigenvalue weighted by atomic mass is 10.2. The Morgan fingerprint density at radius 1 is 1.20 bits per heavy atom. The molecular weight excluding hydrogens is 358 g/mol. The number of sulfonamides is 1. The van der Waals surface area contributed by atoms with Gasteiger partial charge in [-0.1, -0.05) is 19.1 Å². The van der Waals surface area contributed by atoms with Gasteiger partial charge in [-0.2, -0.15) is 0 Å². The van der Waals surface area contributed by atoms with Gasteiger partial charge in [0.1, 0.15) is 10.0 Å². The van der Waals surface area contributed by atoms with Crippen molar-refractivity contribution in [3.63, 3.8) is 0 Å². The Hall–Kier alpha value is -2.45. The maximum absolute atomic E-state index is 12.4. The summed E-state index contributed by atoms with van der Waals surface area (Å²) in [4.78, 5) is 19.7. The number of aryl methyl sites for hydroxylation is 2.